The van der Waals surface area contributed by atoms with Crippen molar-refractivity contribution >= 4 is 11.6 Å². The Morgan fingerprint density at radius 3 is 2.46 bits per heavy atom. The van der Waals surface area contributed by atoms with Crippen LogP contribution in [0.15, 0.2) is 36.5 Å². The van der Waals surface area contributed by atoms with Crippen LogP contribution in [-0.4, -0.2) is 41.5 Å². The van der Waals surface area contributed by atoms with Crippen molar-refractivity contribution in [1.82, 2.24) is 15.1 Å². The molecule has 2 heterocycles. The Morgan fingerprint density at radius 1 is 1.23 bits per heavy atom. The first kappa shape index (κ1) is 18.4. The molecule has 26 heavy (non-hydrogen) atoms. The van der Waals surface area contributed by atoms with Gasteiger partial charge in [0, 0.05) is 12.8 Å². The third-order valence-corrected chi connectivity index (χ3v) is 4.52. The number of amides is 1. The minimum atomic E-state index is -4.50. The number of carbonyl (C=O) groups is 1. The first-order valence-corrected chi connectivity index (χ1v) is 8.15. The zero-order valence-electron chi connectivity index (χ0n) is 14.1. The maximum atomic E-state index is 13.0. The van der Waals surface area contributed by atoms with Gasteiger partial charge in [0.25, 0.3) is 5.91 Å². The summed E-state index contributed by atoms with van der Waals surface area (Å²) >= 11 is 0. The number of methoxy groups -OCH3 is 1. The quantitative estimate of drug-likeness (QED) is 0.871. The maximum Gasteiger partial charge on any atom is 0.433 e. The standard InChI is InChI=1S/C17H19F3N4O2/c1-26-16(7-10-21-11-8-16)15(25)23-12-2-4-13(5-3-12)24-14(6-9-22-24)17(18,19)20/h2-6,9,21H,7-8,10-11H2,1H3,(H,23,25). The van der Waals surface area contributed by atoms with E-state index in [9.17, 15) is 18.0 Å². The normalized spacial score (nSPS) is 17.1. The average molecular weight is 368 g/mol. The van der Waals surface area contributed by atoms with Gasteiger partial charge >= 0.3 is 6.18 Å². The summed E-state index contributed by atoms with van der Waals surface area (Å²) in [5, 5.41) is 9.67. The molecule has 1 saturated heterocycles. The number of aromatic nitrogens is 2. The minimum Gasteiger partial charge on any atom is -0.368 e. The molecule has 9 heteroatoms. The number of hydrogen-bond acceptors (Lipinski definition) is 4. The molecule has 0 unspecified atom stereocenters. The van der Waals surface area contributed by atoms with Crippen LogP contribution in [0.2, 0.25) is 0 Å². The van der Waals surface area contributed by atoms with Gasteiger partial charge in [-0.3, -0.25) is 4.79 Å². The Kier molecular flexibility index (Phi) is 5.01. The van der Waals surface area contributed by atoms with Crippen molar-refractivity contribution in [2.75, 3.05) is 25.5 Å². The van der Waals surface area contributed by atoms with E-state index < -0.39 is 17.5 Å². The van der Waals surface area contributed by atoms with E-state index in [1.807, 2.05) is 0 Å². The largest absolute Gasteiger partial charge is 0.433 e. The van der Waals surface area contributed by atoms with Crippen LogP contribution in [0.5, 0.6) is 0 Å². The fraction of sp³-hybridized carbons (Fsp3) is 0.412. The number of carbonyl (C=O) groups excluding carboxylic acids is 1. The van der Waals surface area contributed by atoms with Crippen LogP contribution in [0, 0.1) is 0 Å². The predicted octanol–water partition coefficient (Wildman–Crippen LogP) is 2.60. The molecule has 2 N–H and O–H groups in total. The van der Waals surface area contributed by atoms with Gasteiger partial charge in [-0.2, -0.15) is 18.3 Å². The second kappa shape index (κ2) is 7.08. The molecule has 1 aliphatic heterocycles. The SMILES string of the molecule is COC1(C(=O)Nc2ccc(-n3nccc3C(F)(F)F)cc2)CCNCC1. The van der Waals surface area contributed by atoms with E-state index in [-0.39, 0.29) is 11.6 Å². The topological polar surface area (TPSA) is 68.2 Å². The Morgan fingerprint density at radius 2 is 1.88 bits per heavy atom. The zero-order chi connectivity index (χ0) is 18.8. The van der Waals surface area contributed by atoms with Gasteiger partial charge in [0.2, 0.25) is 0 Å². The van der Waals surface area contributed by atoms with Gasteiger partial charge in [-0.25, -0.2) is 4.68 Å². The van der Waals surface area contributed by atoms with Gasteiger partial charge in [-0.15, -0.1) is 0 Å². The van der Waals surface area contributed by atoms with Crippen molar-refractivity contribution in [2.24, 2.45) is 0 Å². The van der Waals surface area contributed by atoms with Gasteiger partial charge in [0.1, 0.15) is 11.3 Å². The smallest absolute Gasteiger partial charge is 0.368 e. The van der Waals surface area contributed by atoms with Gasteiger partial charge < -0.3 is 15.4 Å². The Hall–Kier alpha value is -2.39. The fourth-order valence-corrected chi connectivity index (χ4v) is 3.01. The number of hydrogen-bond donors (Lipinski definition) is 2. The van der Waals surface area contributed by atoms with Crippen LogP contribution in [-0.2, 0) is 15.7 Å². The Labute approximate surface area is 148 Å². The molecule has 1 aliphatic rings. The van der Waals surface area contributed by atoms with E-state index in [0.29, 0.717) is 31.6 Å². The summed E-state index contributed by atoms with van der Waals surface area (Å²) in [6.07, 6.45) is -2.30. The minimum absolute atomic E-state index is 0.253. The summed E-state index contributed by atoms with van der Waals surface area (Å²) in [6.45, 7) is 1.36. The highest BCUT2D eigenvalue weighted by atomic mass is 19.4. The molecule has 2 aromatic rings. The van der Waals surface area contributed by atoms with Crippen molar-refractivity contribution in [1.29, 1.82) is 0 Å². The lowest BCUT2D eigenvalue weighted by atomic mass is 9.91. The van der Waals surface area contributed by atoms with Gasteiger partial charge in [0.05, 0.1) is 11.9 Å². The number of rotatable bonds is 4. The molecule has 0 bridgehead atoms. The van der Waals surface area contributed by atoms with E-state index in [1.165, 1.54) is 19.2 Å². The lowest BCUT2D eigenvalue weighted by Crippen LogP contribution is -2.51. The second-order valence-corrected chi connectivity index (χ2v) is 6.08. The lowest BCUT2D eigenvalue weighted by Gasteiger charge is -2.34. The van der Waals surface area contributed by atoms with E-state index in [1.54, 1.807) is 12.1 Å². The molecule has 0 saturated carbocycles. The summed E-state index contributed by atoms with van der Waals surface area (Å²) in [7, 11) is 1.50. The van der Waals surface area contributed by atoms with E-state index in [4.69, 9.17) is 4.74 Å². The molecular weight excluding hydrogens is 349 g/mol. The molecule has 140 valence electrons. The van der Waals surface area contributed by atoms with Crippen LogP contribution in [0.3, 0.4) is 0 Å². The van der Waals surface area contributed by atoms with Crippen LogP contribution >= 0.6 is 0 Å². The molecule has 0 spiro atoms. The highest BCUT2D eigenvalue weighted by Gasteiger charge is 2.39. The monoisotopic (exact) mass is 368 g/mol. The lowest BCUT2D eigenvalue weighted by molar-refractivity contribution is -0.143. The highest BCUT2D eigenvalue weighted by Crippen LogP contribution is 2.31. The third-order valence-electron chi connectivity index (χ3n) is 4.52. The molecule has 1 aromatic carbocycles. The summed E-state index contributed by atoms with van der Waals surface area (Å²) in [5.74, 6) is -0.260. The van der Waals surface area contributed by atoms with Crippen molar-refractivity contribution in [3.63, 3.8) is 0 Å². The molecule has 1 aromatic heterocycles. The molecule has 1 amide bonds. The summed E-state index contributed by atoms with van der Waals surface area (Å²) in [6, 6.07) is 6.94. The molecule has 0 aliphatic carbocycles. The van der Waals surface area contributed by atoms with Crippen LogP contribution in [0.25, 0.3) is 5.69 Å². The van der Waals surface area contributed by atoms with Crippen LogP contribution < -0.4 is 10.6 Å². The summed E-state index contributed by atoms with van der Waals surface area (Å²) in [4.78, 5) is 12.6. The third kappa shape index (κ3) is 3.58. The number of nitrogens with one attached hydrogen (secondary N) is 2. The average Bonchev–Trinajstić information content (AvgIpc) is 3.13. The van der Waals surface area contributed by atoms with Crippen LogP contribution in [0.4, 0.5) is 18.9 Å². The molecule has 6 nitrogen and oxygen atoms in total. The van der Waals surface area contributed by atoms with Crippen LogP contribution in [0.1, 0.15) is 18.5 Å². The van der Waals surface area contributed by atoms with Crippen molar-refractivity contribution in [3.05, 3.63) is 42.2 Å². The predicted molar refractivity (Wildman–Crippen MR) is 89.0 cm³/mol. The molecular formula is C17H19F3N4O2. The van der Waals surface area contributed by atoms with Crippen molar-refractivity contribution in [2.45, 2.75) is 24.6 Å². The maximum absolute atomic E-state index is 13.0. The number of nitrogens with zero attached hydrogens (tertiary/aromatic N) is 2. The fourth-order valence-electron chi connectivity index (χ4n) is 3.01. The Bertz CT molecular complexity index is 765. The number of anilines is 1. The number of benzene rings is 1. The number of halogens is 3. The van der Waals surface area contributed by atoms with Gasteiger partial charge in [0.15, 0.2) is 0 Å². The van der Waals surface area contributed by atoms with E-state index >= 15 is 0 Å². The molecule has 0 atom stereocenters. The summed E-state index contributed by atoms with van der Waals surface area (Å²) in [5.41, 5.74) is -1.02. The number of piperidine rings is 1. The molecule has 1 fully saturated rings. The molecule has 3 rings (SSSR count). The molecule has 0 radical (unpaired) electrons. The summed E-state index contributed by atoms with van der Waals surface area (Å²) < 4.78 is 45.2. The number of ether oxygens (including phenoxy) is 1. The highest BCUT2D eigenvalue weighted by molar-refractivity contribution is 5.97. The second-order valence-electron chi connectivity index (χ2n) is 6.08. The first-order chi connectivity index (χ1) is 12.4. The van der Waals surface area contributed by atoms with Gasteiger partial charge in [-0.1, -0.05) is 0 Å². The zero-order valence-corrected chi connectivity index (χ0v) is 14.1. The van der Waals surface area contributed by atoms with E-state index in [2.05, 4.69) is 15.7 Å². The van der Waals surface area contributed by atoms with Gasteiger partial charge in [-0.05, 0) is 56.3 Å². The number of alkyl halides is 3. The van der Waals surface area contributed by atoms with Crippen molar-refractivity contribution < 1.29 is 22.7 Å². The Balaban J connectivity index is 1.76. The first-order valence-electron chi connectivity index (χ1n) is 8.15. The van der Waals surface area contributed by atoms with E-state index in [0.717, 1.165) is 16.9 Å². The van der Waals surface area contributed by atoms with Crippen molar-refractivity contribution in [3.8, 4) is 5.69 Å².